The number of aliphatic carboxylic acids is 2. The van der Waals surface area contributed by atoms with Gasteiger partial charge in [0.15, 0.2) is 0 Å². The Morgan fingerprint density at radius 3 is 0.804 bits per heavy atom. The van der Waals surface area contributed by atoms with Gasteiger partial charge in [-0.2, -0.15) is 20.8 Å². The highest BCUT2D eigenvalue weighted by Crippen LogP contribution is 2.13. The van der Waals surface area contributed by atoms with Crippen molar-refractivity contribution < 1.29 is 50.3 Å². The summed E-state index contributed by atoms with van der Waals surface area (Å²) in [5.74, 6) is -2.73. The molecule has 0 aliphatic rings. The van der Waals surface area contributed by atoms with E-state index in [0.717, 1.165) is 25.7 Å². The summed E-state index contributed by atoms with van der Waals surface area (Å²) in [5, 5.41) is 56.7. The van der Waals surface area contributed by atoms with Crippen LogP contribution in [0.1, 0.15) is 233 Å². The van der Waals surface area contributed by atoms with Crippen LogP contribution in [0.5, 0.6) is 0 Å². The van der Waals surface area contributed by atoms with Crippen LogP contribution >= 0.6 is 0 Å². The van der Waals surface area contributed by atoms with E-state index in [4.69, 9.17) is 0 Å². The Kier molecular flexibility index (Phi) is 47.9. The predicted molar refractivity (Wildman–Crippen MR) is 226 cm³/mol. The Labute approximate surface area is 345 Å². The molecule has 0 aromatic heterocycles. The molecule has 56 heavy (non-hydrogen) atoms. The molecule has 0 aromatic rings. The molecule has 4 N–H and O–H groups in total. The molecule has 0 bridgehead atoms. The summed E-state index contributed by atoms with van der Waals surface area (Å²) in [6, 6.07) is 0. The molecule has 0 aliphatic heterocycles. The van der Waals surface area contributed by atoms with Crippen molar-refractivity contribution in [2.75, 3.05) is 26.2 Å². The van der Waals surface area contributed by atoms with E-state index in [9.17, 15) is 40.6 Å². The minimum absolute atomic E-state index is 0.367. The number of carbonyl (C=O) groups excluding carboxylic acids is 2. The standard InChI is InChI=1S/2C21H44NO2.C4H6O4/c2*1-3-5-6-7-8-9-10-11-12-13-14-15-16-17-18-19-20-21-22(23,24)4-2;5-3(6)1-2-4(7)8/h2*11-12,23-24H,3-10,13-21H2,1-2H3;1-2H2,(H,5,6)(H,7,8)/q2*+1;/p-2/b2*12-11-;. The number of carboxylic acids is 2. The van der Waals surface area contributed by atoms with E-state index >= 15 is 0 Å². The average Bonchev–Trinajstić information content (AvgIpc) is 3.17. The molecule has 0 aromatic carbocycles. The van der Waals surface area contributed by atoms with Crippen molar-refractivity contribution in [1.82, 2.24) is 0 Å². The normalized spacial score (nSPS) is 11.8. The minimum atomic E-state index is -1.37. The quantitative estimate of drug-likeness (QED) is 0.0207. The lowest BCUT2D eigenvalue weighted by Gasteiger charge is -2.18. The first-order valence-corrected chi connectivity index (χ1v) is 23.2. The summed E-state index contributed by atoms with van der Waals surface area (Å²) in [7, 11) is 0. The van der Waals surface area contributed by atoms with Crippen LogP contribution in [-0.2, 0) is 9.59 Å². The summed E-state index contributed by atoms with van der Waals surface area (Å²) < 4.78 is 0. The Balaban J connectivity index is -0.000000839. The molecule has 0 atom stereocenters. The lowest BCUT2D eigenvalue weighted by molar-refractivity contribution is -1.24. The second kappa shape index (κ2) is 45.9. The molecule has 0 rings (SSSR count). The Morgan fingerprint density at radius 2 is 0.589 bits per heavy atom. The van der Waals surface area contributed by atoms with Crippen molar-refractivity contribution >= 4 is 11.9 Å². The second-order valence-electron chi connectivity index (χ2n) is 15.7. The van der Waals surface area contributed by atoms with Gasteiger partial charge in [0, 0.05) is 24.8 Å². The van der Waals surface area contributed by atoms with Crippen molar-refractivity contribution in [3.8, 4) is 0 Å². The van der Waals surface area contributed by atoms with Gasteiger partial charge in [0.2, 0.25) is 0 Å². The molecule has 0 aliphatic carbocycles. The second-order valence-corrected chi connectivity index (χ2v) is 15.7. The lowest BCUT2D eigenvalue weighted by atomic mass is 10.1. The number of quaternary nitrogens is 2. The molecule has 0 saturated carbocycles. The number of carbonyl (C=O) groups is 2. The van der Waals surface area contributed by atoms with Gasteiger partial charge in [-0.15, -0.1) is 0 Å². The van der Waals surface area contributed by atoms with E-state index in [-0.39, 0.29) is 0 Å². The van der Waals surface area contributed by atoms with Crippen LogP contribution in [0.3, 0.4) is 0 Å². The SMILES string of the molecule is CCCCCCCC/C=C\CCCCCCCCC[N+](O)(O)CC.CCCCCCCC/C=C\CCCCCCCCC[N+](O)(O)CC.O=C([O-])CCC(=O)[O-]. The molecule has 0 fully saturated rings. The zero-order valence-electron chi connectivity index (χ0n) is 37.1. The van der Waals surface area contributed by atoms with Crippen molar-refractivity contribution in [1.29, 1.82) is 0 Å². The molecule has 334 valence electrons. The number of hydroxylamine groups is 8. The van der Waals surface area contributed by atoms with Gasteiger partial charge in [0.05, 0.1) is 0 Å². The van der Waals surface area contributed by atoms with Crippen molar-refractivity contribution in [2.45, 2.75) is 233 Å². The van der Waals surface area contributed by atoms with Crippen molar-refractivity contribution in [3.63, 3.8) is 0 Å². The van der Waals surface area contributed by atoms with Gasteiger partial charge in [-0.3, -0.25) is 0 Å². The Hall–Kier alpha value is -1.82. The molecule has 0 saturated heterocycles. The molecule has 0 heterocycles. The number of carboxylic acid groups (broad SMARTS) is 2. The summed E-state index contributed by atoms with van der Waals surface area (Å²) in [6.45, 7) is 9.78. The number of hydrogen-bond donors (Lipinski definition) is 4. The minimum Gasteiger partial charge on any atom is -0.550 e. The Bertz CT molecular complexity index is 809. The summed E-state index contributed by atoms with van der Waals surface area (Å²) in [6.07, 6.45) is 47.2. The summed E-state index contributed by atoms with van der Waals surface area (Å²) in [5.41, 5.74) is 0. The van der Waals surface area contributed by atoms with Crippen LogP contribution in [-0.4, -0.2) is 68.6 Å². The van der Waals surface area contributed by atoms with E-state index in [1.807, 2.05) is 0 Å². The van der Waals surface area contributed by atoms with Gasteiger partial charge in [0.1, 0.15) is 26.2 Å². The number of nitrogens with zero attached hydrogens (tertiary/aromatic N) is 2. The number of unbranched alkanes of at least 4 members (excludes halogenated alkanes) is 26. The predicted octanol–water partition coefficient (Wildman–Crippen LogP) is 11.3. The van der Waals surface area contributed by atoms with Crippen LogP contribution in [0.2, 0.25) is 0 Å². The zero-order valence-corrected chi connectivity index (χ0v) is 37.1. The molecule has 10 heteroatoms. The van der Waals surface area contributed by atoms with E-state index in [1.165, 1.54) is 167 Å². The molecule has 0 unspecified atom stereocenters. The average molecular weight is 801 g/mol. The van der Waals surface area contributed by atoms with Crippen molar-refractivity contribution in [3.05, 3.63) is 24.3 Å². The highest BCUT2D eigenvalue weighted by Gasteiger charge is 2.18. The highest BCUT2D eigenvalue weighted by atomic mass is 16.8. The number of hydrogen-bond acceptors (Lipinski definition) is 8. The highest BCUT2D eigenvalue weighted by molar-refractivity contribution is 5.72. The molecule has 0 radical (unpaired) electrons. The first-order valence-electron chi connectivity index (χ1n) is 23.2. The molecular weight excluding hydrogens is 709 g/mol. The topological polar surface area (TPSA) is 161 Å². The lowest BCUT2D eigenvalue weighted by Crippen LogP contribution is -2.41. The first kappa shape index (κ1) is 58.5. The smallest absolute Gasteiger partial charge is 0.142 e. The molecule has 0 spiro atoms. The summed E-state index contributed by atoms with van der Waals surface area (Å²) >= 11 is 0. The van der Waals surface area contributed by atoms with Gasteiger partial charge in [-0.25, -0.2) is 0 Å². The summed E-state index contributed by atoms with van der Waals surface area (Å²) in [4.78, 5) is 17.4. The number of rotatable bonds is 39. The van der Waals surface area contributed by atoms with Gasteiger partial charge in [0.25, 0.3) is 0 Å². The first-order chi connectivity index (χ1) is 26.9. The van der Waals surface area contributed by atoms with E-state index in [1.54, 1.807) is 13.8 Å². The fraction of sp³-hybridized carbons (Fsp3) is 0.870. The molecule has 10 nitrogen and oxygen atoms in total. The number of allylic oxidation sites excluding steroid dienone is 4. The van der Waals surface area contributed by atoms with E-state index < -0.39 is 34.4 Å². The van der Waals surface area contributed by atoms with Crippen LogP contribution in [0.25, 0.3) is 0 Å². The van der Waals surface area contributed by atoms with Crippen LogP contribution in [0.15, 0.2) is 24.3 Å². The van der Waals surface area contributed by atoms with Gasteiger partial charge >= 0.3 is 0 Å². The molecule has 0 amide bonds. The van der Waals surface area contributed by atoms with Crippen molar-refractivity contribution in [2.24, 2.45) is 0 Å². The third-order valence-corrected chi connectivity index (χ3v) is 10.1. The fourth-order valence-electron chi connectivity index (χ4n) is 6.10. The van der Waals surface area contributed by atoms with Crippen LogP contribution < -0.4 is 10.2 Å². The van der Waals surface area contributed by atoms with Gasteiger partial charge in [-0.1, -0.05) is 154 Å². The third-order valence-electron chi connectivity index (χ3n) is 10.1. The molecular formula is C46H92N2O8. The maximum absolute atomic E-state index is 9.50. The van der Waals surface area contributed by atoms with E-state index in [0.29, 0.717) is 26.2 Å². The van der Waals surface area contributed by atoms with Crippen LogP contribution in [0.4, 0.5) is 0 Å². The zero-order chi connectivity index (χ0) is 42.4. The largest absolute Gasteiger partial charge is 0.550 e. The van der Waals surface area contributed by atoms with Gasteiger partial charge < -0.3 is 19.8 Å². The van der Waals surface area contributed by atoms with E-state index in [2.05, 4.69) is 38.2 Å². The maximum atomic E-state index is 9.50. The fourth-order valence-corrected chi connectivity index (χ4v) is 6.10. The Morgan fingerprint density at radius 1 is 0.375 bits per heavy atom. The monoisotopic (exact) mass is 801 g/mol. The third kappa shape index (κ3) is 56.5. The van der Waals surface area contributed by atoms with Gasteiger partial charge in [-0.05, 0) is 101 Å². The maximum Gasteiger partial charge on any atom is 0.142 e. The van der Waals surface area contributed by atoms with Crippen LogP contribution in [0, 0.1) is 0 Å².